The van der Waals surface area contributed by atoms with Gasteiger partial charge in [0.05, 0.1) is 0 Å². The fourth-order valence-electron chi connectivity index (χ4n) is 2.76. The van der Waals surface area contributed by atoms with Crippen LogP contribution in [0.5, 0.6) is 0 Å². The standard InChI is InChI=1S/C15H19N3/c1-16-10-11-17(13-16)12-15-8-5-9-18(15)14-6-3-2-4-7-14/h2-4,6-7,10-11,15H,5,8-9,12H2,1H3/t15-/m0/s1. The minimum absolute atomic E-state index is 0.594. The van der Waals surface area contributed by atoms with Crippen molar-refractivity contribution in [3.8, 4) is 0 Å². The Bertz CT molecular complexity index is 415. The molecule has 3 rings (SSSR count). The van der Waals surface area contributed by atoms with Crippen LogP contribution >= 0.6 is 0 Å². The summed E-state index contributed by atoms with van der Waals surface area (Å²) in [4.78, 5) is 6.65. The summed E-state index contributed by atoms with van der Waals surface area (Å²) >= 11 is 0. The van der Waals surface area contributed by atoms with E-state index in [1.807, 2.05) is 18.1 Å². The quantitative estimate of drug-likeness (QED) is 0.804. The van der Waals surface area contributed by atoms with E-state index in [1.54, 1.807) is 0 Å². The van der Waals surface area contributed by atoms with Gasteiger partial charge in [-0.2, -0.15) is 0 Å². The molecular formula is C15H19N3. The van der Waals surface area contributed by atoms with E-state index in [4.69, 9.17) is 0 Å². The SMILES string of the molecule is CN1[C]N(C[C@@H]2CCCN2c2ccccc2)C=C1. The van der Waals surface area contributed by atoms with Gasteiger partial charge in [0.1, 0.15) is 0 Å². The maximum absolute atomic E-state index is 3.28. The van der Waals surface area contributed by atoms with Gasteiger partial charge in [0.25, 0.3) is 0 Å². The Labute approximate surface area is 109 Å². The molecule has 2 heterocycles. The van der Waals surface area contributed by atoms with Crippen molar-refractivity contribution >= 4 is 5.69 Å². The average molecular weight is 241 g/mol. The number of para-hydroxylation sites is 1. The van der Waals surface area contributed by atoms with Crippen molar-refractivity contribution in [3.63, 3.8) is 0 Å². The Morgan fingerprint density at radius 2 is 2.06 bits per heavy atom. The van der Waals surface area contributed by atoms with Crippen LogP contribution in [-0.2, 0) is 0 Å². The van der Waals surface area contributed by atoms with E-state index >= 15 is 0 Å². The Kier molecular flexibility index (Phi) is 3.13. The van der Waals surface area contributed by atoms with Gasteiger partial charge >= 0.3 is 0 Å². The molecule has 2 radical (unpaired) electrons. The molecule has 3 nitrogen and oxygen atoms in total. The van der Waals surface area contributed by atoms with Crippen molar-refractivity contribution < 1.29 is 0 Å². The second-order valence-corrected chi connectivity index (χ2v) is 4.99. The van der Waals surface area contributed by atoms with Gasteiger partial charge in [0.2, 0.25) is 6.67 Å². The maximum Gasteiger partial charge on any atom is 0.207 e. The highest BCUT2D eigenvalue weighted by atomic mass is 15.3. The maximum atomic E-state index is 3.28. The second kappa shape index (κ2) is 4.92. The number of benzene rings is 1. The zero-order chi connectivity index (χ0) is 12.4. The third-order valence-corrected chi connectivity index (χ3v) is 3.63. The highest BCUT2D eigenvalue weighted by Crippen LogP contribution is 2.26. The van der Waals surface area contributed by atoms with Crippen LogP contribution in [0.1, 0.15) is 12.8 Å². The Morgan fingerprint density at radius 3 is 2.78 bits per heavy atom. The molecule has 0 N–H and O–H groups in total. The lowest BCUT2D eigenvalue weighted by atomic mass is 10.2. The number of anilines is 1. The largest absolute Gasteiger partial charge is 0.367 e. The molecule has 1 aromatic rings. The highest BCUT2D eigenvalue weighted by Gasteiger charge is 2.27. The zero-order valence-corrected chi connectivity index (χ0v) is 10.8. The van der Waals surface area contributed by atoms with E-state index < -0.39 is 0 Å². The molecule has 0 saturated carbocycles. The van der Waals surface area contributed by atoms with Gasteiger partial charge < -0.3 is 14.7 Å². The molecule has 3 heteroatoms. The molecule has 1 saturated heterocycles. The monoisotopic (exact) mass is 241 g/mol. The molecule has 94 valence electrons. The third kappa shape index (κ3) is 2.30. The molecular weight excluding hydrogens is 222 g/mol. The van der Waals surface area contributed by atoms with Gasteiger partial charge in [-0.3, -0.25) is 0 Å². The first-order valence-corrected chi connectivity index (χ1v) is 6.59. The van der Waals surface area contributed by atoms with Crippen LogP contribution in [0.2, 0.25) is 0 Å². The fraction of sp³-hybridized carbons (Fsp3) is 0.400. The lowest BCUT2D eigenvalue weighted by Crippen LogP contribution is -2.37. The molecule has 0 aliphatic carbocycles. The Balaban J connectivity index is 1.67. The topological polar surface area (TPSA) is 9.72 Å². The van der Waals surface area contributed by atoms with Crippen molar-refractivity contribution in [2.75, 3.05) is 25.0 Å². The summed E-state index contributed by atoms with van der Waals surface area (Å²) in [5.74, 6) is 0. The van der Waals surface area contributed by atoms with E-state index in [0.717, 1.165) is 6.54 Å². The molecule has 0 spiro atoms. The van der Waals surface area contributed by atoms with E-state index in [0.29, 0.717) is 6.04 Å². The van der Waals surface area contributed by atoms with E-state index in [1.165, 1.54) is 25.1 Å². The van der Waals surface area contributed by atoms with E-state index in [2.05, 4.69) is 53.0 Å². The molecule has 1 atom stereocenters. The summed E-state index contributed by atoms with van der Waals surface area (Å²) < 4.78 is 0. The van der Waals surface area contributed by atoms with Gasteiger partial charge in [-0.05, 0) is 25.0 Å². The van der Waals surface area contributed by atoms with Crippen LogP contribution in [0.3, 0.4) is 0 Å². The van der Waals surface area contributed by atoms with Gasteiger partial charge in [-0.1, -0.05) is 18.2 Å². The lowest BCUT2D eigenvalue weighted by molar-refractivity contribution is 0.355. The predicted octanol–water partition coefficient (Wildman–Crippen LogP) is 2.37. The first-order valence-electron chi connectivity index (χ1n) is 6.59. The van der Waals surface area contributed by atoms with Gasteiger partial charge in [-0.15, -0.1) is 0 Å². The molecule has 1 aromatic carbocycles. The minimum atomic E-state index is 0.594. The fourth-order valence-corrected chi connectivity index (χ4v) is 2.76. The number of hydrogen-bond donors (Lipinski definition) is 0. The third-order valence-electron chi connectivity index (χ3n) is 3.63. The summed E-state index contributed by atoms with van der Waals surface area (Å²) in [5.41, 5.74) is 1.34. The summed E-state index contributed by atoms with van der Waals surface area (Å²) in [5, 5.41) is 0. The van der Waals surface area contributed by atoms with Crippen molar-refractivity contribution in [2.24, 2.45) is 0 Å². The summed E-state index contributed by atoms with van der Waals surface area (Å²) in [6.07, 6.45) is 6.70. The molecule has 2 aliphatic rings. The van der Waals surface area contributed by atoms with Gasteiger partial charge in [0.15, 0.2) is 0 Å². The van der Waals surface area contributed by atoms with Crippen molar-refractivity contribution in [1.82, 2.24) is 9.80 Å². The Hall–Kier alpha value is -1.64. The number of nitrogens with zero attached hydrogens (tertiary/aromatic N) is 3. The van der Waals surface area contributed by atoms with Gasteiger partial charge in [0, 0.05) is 44.3 Å². The van der Waals surface area contributed by atoms with Crippen molar-refractivity contribution in [1.29, 1.82) is 0 Å². The summed E-state index contributed by atoms with van der Waals surface area (Å²) in [6.45, 7) is 5.47. The molecule has 0 bridgehead atoms. The number of hydrogen-bond acceptors (Lipinski definition) is 3. The summed E-state index contributed by atoms with van der Waals surface area (Å²) in [7, 11) is 2.01. The van der Waals surface area contributed by atoms with Crippen molar-refractivity contribution in [3.05, 3.63) is 49.4 Å². The first kappa shape index (κ1) is 11.5. The van der Waals surface area contributed by atoms with Crippen LogP contribution in [0.4, 0.5) is 5.69 Å². The van der Waals surface area contributed by atoms with Crippen LogP contribution in [0.25, 0.3) is 0 Å². The zero-order valence-electron chi connectivity index (χ0n) is 10.8. The smallest absolute Gasteiger partial charge is 0.207 e. The number of rotatable bonds is 3. The highest BCUT2D eigenvalue weighted by molar-refractivity contribution is 5.48. The Morgan fingerprint density at radius 1 is 1.22 bits per heavy atom. The molecule has 0 unspecified atom stereocenters. The lowest BCUT2D eigenvalue weighted by Gasteiger charge is -2.30. The second-order valence-electron chi connectivity index (χ2n) is 4.99. The summed E-state index contributed by atoms with van der Waals surface area (Å²) in [6, 6.07) is 11.3. The average Bonchev–Trinajstić information content (AvgIpc) is 3.00. The van der Waals surface area contributed by atoms with Crippen LogP contribution < -0.4 is 4.90 Å². The van der Waals surface area contributed by atoms with Gasteiger partial charge in [-0.25, -0.2) is 0 Å². The van der Waals surface area contributed by atoms with Crippen LogP contribution in [0, 0.1) is 6.67 Å². The molecule has 0 amide bonds. The molecule has 1 fully saturated rings. The molecule has 0 aromatic heterocycles. The molecule has 18 heavy (non-hydrogen) atoms. The van der Waals surface area contributed by atoms with Crippen molar-refractivity contribution in [2.45, 2.75) is 18.9 Å². The predicted molar refractivity (Wildman–Crippen MR) is 73.7 cm³/mol. The normalized spacial score (nSPS) is 23.2. The molecule has 2 aliphatic heterocycles. The van der Waals surface area contributed by atoms with E-state index in [9.17, 15) is 0 Å². The van der Waals surface area contributed by atoms with E-state index in [-0.39, 0.29) is 0 Å². The minimum Gasteiger partial charge on any atom is -0.367 e. The van der Waals surface area contributed by atoms with Crippen LogP contribution in [0.15, 0.2) is 42.7 Å². The van der Waals surface area contributed by atoms with Crippen LogP contribution in [-0.4, -0.2) is 36.0 Å². The first-order chi connectivity index (χ1) is 8.83.